The summed E-state index contributed by atoms with van der Waals surface area (Å²) >= 11 is 0. The molecule has 1 fully saturated rings. The molecule has 11 nitrogen and oxygen atoms in total. The molecule has 3 aromatic rings. The molecule has 0 aromatic heterocycles. The Morgan fingerprint density at radius 2 is 1.33 bits per heavy atom. The van der Waals surface area contributed by atoms with Crippen molar-refractivity contribution in [2.24, 2.45) is 0 Å². The third kappa shape index (κ3) is 14.4. The molecular formula is C44H62N6O5. The van der Waals surface area contributed by atoms with Gasteiger partial charge < -0.3 is 29.2 Å². The van der Waals surface area contributed by atoms with Crippen LogP contribution in [0.3, 0.4) is 0 Å². The van der Waals surface area contributed by atoms with E-state index in [1.54, 1.807) is 16.8 Å². The van der Waals surface area contributed by atoms with Crippen LogP contribution in [-0.2, 0) is 25.5 Å². The number of para-hydroxylation sites is 1. The van der Waals surface area contributed by atoms with E-state index >= 15 is 0 Å². The number of piperidine rings is 1. The zero-order chi connectivity index (χ0) is 39.6. The average Bonchev–Trinajstić information content (AvgIpc) is 3.20. The summed E-state index contributed by atoms with van der Waals surface area (Å²) < 4.78 is 5.78. The van der Waals surface area contributed by atoms with Crippen LogP contribution in [0.4, 0.5) is 16.2 Å². The topological polar surface area (TPSA) is 106 Å². The van der Waals surface area contributed by atoms with Gasteiger partial charge in [0.15, 0.2) is 0 Å². The highest BCUT2D eigenvalue weighted by Gasteiger charge is 2.23. The lowest BCUT2D eigenvalue weighted by Gasteiger charge is -2.32. The molecule has 0 bridgehead atoms. The summed E-state index contributed by atoms with van der Waals surface area (Å²) in [5.74, 6) is 0.363. The fourth-order valence-corrected chi connectivity index (χ4v) is 6.78. The van der Waals surface area contributed by atoms with E-state index in [9.17, 15) is 19.2 Å². The molecule has 55 heavy (non-hydrogen) atoms. The van der Waals surface area contributed by atoms with Crippen molar-refractivity contribution < 1.29 is 23.9 Å². The summed E-state index contributed by atoms with van der Waals surface area (Å²) in [7, 11) is 7.58. The van der Waals surface area contributed by atoms with Gasteiger partial charge >= 0.3 is 6.09 Å². The number of likely N-dealkylation sites (N-methyl/N-ethyl adjacent to an activating group) is 2. The Morgan fingerprint density at radius 3 is 2.02 bits per heavy atom. The Hall–Kier alpha value is -4.90. The van der Waals surface area contributed by atoms with Gasteiger partial charge in [-0.2, -0.15) is 0 Å². The largest absolute Gasteiger partial charge is 0.446 e. The van der Waals surface area contributed by atoms with Crippen molar-refractivity contribution in [2.75, 3.05) is 84.2 Å². The fraction of sp³-hybridized carbons (Fsp3) is 0.500. The molecule has 298 valence electrons. The van der Waals surface area contributed by atoms with E-state index < -0.39 is 6.09 Å². The van der Waals surface area contributed by atoms with Crippen LogP contribution in [-0.4, -0.2) is 124 Å². The highest BCUT2D eigenvalue weighted by Crippen LogP contribution is 2.28. The van der Waals surface area contributed by atoms with E-state index in [0.29, 0.717) is 38.9 Å². The number of likely N-dealkylation sites (tertiary alicyclic amines) is 1. The maximum atomic E-state index is 12.8. The molecule has 3 aromatic carbocycles. The van der Waals surface area contributed by atoms with Gasteiger partial charge in [-0.05, 0) is 61.4 Å². The number of carbonyl (C=O) groups is 4. The number of benzene rings is 3. The monoisotopic (exact) mass is 754 g/mol. The second-order valence-corrected chi connectivity index (χ2v) is 14.7. The summed E-state index contributed by atoms with van der Waals surface area (Å²) in [5, 5.41) is 2.94. The summed E-state index contributed by atoms with van der Waals surface area (Å²) in [6, 6.07) is 25.9. The standard InChI is InChI=1S/C44H62N6O5/c1-6-41(51)47(3)28-15-29-48(4)43(53)34-35-21-23-37(24-22-35)46(2)27-14-8-11-20-42(52)49(5)32-33-50-30-25-38(26-31-50)55-44(54)45-40-19-13-12-18-39(40)36-16-9-7-10-17-36/h7,9-10,12-13,16-19,21-24,38H,6,8,11,14-15,20,25-34H2,1-5H3,(H,45,54). The predicted octanol–water partition coefficient (Wildman–Crippen LogP) is 6.78. The Bertz CT molecular complexity index is 1640. The minimum Gasteiger partial charge on any atom is -0.446 e. The Labute approximate surface area is 328 Å². The third-order valence-electron chi connectivity index (χ3n) is 10.5. The van der Waals surface area contributed by atoms with Crippen molar-refractivity contribution in [3.63, 3.8) is 0 Å². The van der Waals surface area contributed by atoms with Crippen LogP contribution < -0.4 is 10.2 Å². The first-order valence-electron chi connectivity index (χ1n) is 19.9. The molecule has 0 aliphatic carbocycles. The number of ether oxygens (including phenoxy) is 1. The van der Waals surface area contributed by atoms with E-state index in [1.165, 1.54) is 0 Å². The van der Waals surface area contributed by atoms with E-state index in [-0.39, 0.29) is 23.8 Å². The lowest BCUT2D eigenvalue weighted by molar-refractivity contribution is -0.131. The second kappa shape index (κ2) is 22.5. The van der Waals surface area contributed by atoms with Crippen molar-refractivity contribution in [1.82, 2.24) is 19.6 Å². The van der Waals surface area contributed by atoms with Gasteiger partial charge in [0, 0.05) is 98.1 Å². The first kappa shape index (κ1) is 42.8. The molecule has 1 N–H and O–H groups in total. The van der Waals surface area contributed by atoms with Crippen LogP contribution in [0, 0.1) is 0 Å². The number of hydrogen-bond donors (Lipinski definition) is 1. The van der Waals surface area contributed by atoms with Gasteiger partial charge in [-0.3, -0.25) is 19.7 Å². The molecule has 1 aliphatic rings. The van der Waals surface area contributed by atoms with Crippen molar-refractivity contribution in [3.05, 3.63) is 84.4 Å². The minimum absolute atomic E-state index is 0.0705. The van der Waals surface area contributed by atoms with Gasteiger partial charge in [-0.15, -0.1) is 0 Å². The highest BCUT2D eigenvalue weighted by molar-refractivity contribution is 5.91. The van der Waals surface area contributed by atoms with Crippen LogP contribution in [0.15, 0.2) is 78.9 Å². The number of nitrogens with zero attached hydrogens (tertiary/aromatic N) is 5. The Morgan fingerprint density at radius 1 is 0.691 bits per heavy atom. The van der Waals surface area contributed by atoms with Crippen molar-refractivity contribution in [1.29, 1.82) is 0 Å². The van der Waals surface area contributed by atoms with Gasteiger partial charge in [0.25, 0.3) is 0 Å². The first-order valence-corrected chi connectivity index (χ1v) is 19.9. The molecule has 0 saturated carbocycles. The normalized spacial score (nSPS) is 13.2. The number of rotatable bonds is 20. The van der Waals surface area contributed by atoms with Crippen LogP contribution >= 0.6 is 0 Å². The molecule has 4 amide bonds. The quantitative estimate of drug-likeness (QED) is 0.127. The molecule has 4 rings (SSSR count). The molecule has 0 spiro atoms. The summed E-state index contributed by atoms with van der Waals surface area (Å²) in [6.07, 6.45) is 5.95. The van der Waals surface area contributed by atoms with Gasteiger partial charge in [-0.1, -0.05) is 74.0 Å². The lowest BCUT2D eigenvalue weighted by atomic mass is 10.0. The molecular weight excluding hydrogens is 693 g/mol. The molecule has 1 saturated heterocycles. The van der Waals surface area contributed by atoms with E-state index in [4.69, 9.17) is 4.74 Å². The van der Waals surface area contributed by atoms with Crippen LogP contribution in [0.25, 0.3) is 11.1 Å². The van der Waals surface area contributed by atoms with Crippen LogP contribution in [0.2, 0.25) is 0 Å². The maximum absolute atomic E-state index is 12.8. The second-order valence-electron chi connectivity index (χ2n) is 14.7. The zero-order valence-corrected chi connectivity index (χ0v) is 33.7. The van der Waals surface area contributed by atoms with E-state index in [0.717, 1.165) is 92.8 Å². The summed E-state index contributed by atoms with van der Waals surface area (Å²) in [4.78, 5) is 59.9. The smallest absolute Gasteiger partial charge is 0.411 e. The SMILES string of the molecule is CCC(=O)N(C)CCCN(C)C(=O)Cc1ccc(N(C)CCCCCC(=O)N(C)CCN2CCC(OC(=O)Nc3ccccc3-c3ccccc3)CC2)cc1. The van der Waals surface area contributed by atoms with Gasteiger partial charge in [0.2, 0.25) is 17.7 Å². The van der Waals surface area contributed by atoms with Crippen LogP contribution in [0.5, 0.6) is 0 Å². The fourth-order valence-electron chi connectivity index (χ4n) is 6.78. The summed E-state index contributed by atoms with van der Waals surface area (Å²) in [5.41, 5.74) is 4.80. The third-order valence-corrected chi connectivity index (χ3v) is 10.5. The number of nitrogens with one attached hydrogen (secondary N) is 1. The molecule has 1 heterocycles. The van der Waals surface area contributed by atoms with Crippen molar-refractivity contribution in [3.8, 4) is 11.1 Å². The highest BCUT2D eigenvalue weighted by atomic mass is 16.6. The average molecular weight is 755 g/mol. The number of amides is 4. The molecule has 11 heteroatoms. The zero-order valence-electron chi connectivity index (χ0n) is 33.7. The maximum Gasteiger partial charge on any atom is 0.411 e. The van der Waals surface area contributed by atoms with Crippen molar-refractivity contribution >= 4 is 35.2 Å². The van der Waals surface area contributed by atoms with Gasteiger partial charge in [-0.25, -0.2) is 4.79 Å². The first-order chi connectivity index (χ1) is 26.5. The Balaban J connectivity index is 1.04. The van der Waals surface area contributed by atoms with E-state index in [2.05, 4.69) is 34.3 Å². The molecule has 0 radical (unpaired) electrons. The van der Waals surface area contributed by atoms with Crippen molar-refractivity contribution in [2.45, 2.75) is 70.8 Å². The predicted molar refractivity (Wildman–Crippen MR) is 221 cm³/mol. The van der Waals surface area contributed by atoms with E-state index in [1.807, 2.05) is 92.6 Å². The number of unbranched alkanes of at least 4 members (excludes halogenated alkanes) is 2. The van der Waals surface area contributed by atoms with Crippen LogP contribution in [0.1, 0.15) is 63.9 Å². The Kier molecular flexibility index (Phi) is 17.5. The molecule has 0 atom stereocenters. The molecule has 1 aliphatic heterocycles. The minimum atomic E-state index is -0.430. The summed E-state index contributed by atoms with van der Waals surface area (Å²) in [6.45, 7) is 7.16. The van der Waals surface area contributed by atoms with Gasteiger partial charge in [0.1, 0.15) is 6.10 Å². The van der Waals surface area contributed by atoms with Gasteiger partial charge in [0.05, 0.1) is 12.1 Å². The molecule has 0 unspecified atom stereocenters. The number of carbonyl (C=O) groups excluding carboxylic acids is 4. The number of hydrogen-bond acceptors (Lipinski definition) is 7. The lowest BCUT2D eigenvalue weighted by Crippen LogP contribution is -2.42. The number of anilines is 2.